The summed E-state index contributed by atoms with van der Waals surface area (Å²) in [6, 6.07) is 6.12. The Labute approximate surface area is 153 Å². The molecule has 2 rings (SSSR count). The van der Waals surface area contributed by atoms with Crippen LogP contribution in [-0.2, 0) is 19.4 Å². The van der Waals surface area contributed by atoms with E-state index in [9.17, 15) is 33.0 Å². The Morgan fingerprint density at radius 1 is 1.19 bits per heavy atom. The highest BCUT2D eigenvalue weighted by Crippen LogP contribution is 2.25. The van der Waals surface area contributed by atoms with Crippen LogP contribution in [0.1, 0.15) is 10.4 Å². The molecule has 0 unspecified atom stereocenters. The summed E-state index contributed by atoms with van der Waals surface area (Å²) in [4.78, 5) is 33.4. The Hall–Kier alpha value is -3.60. The van der Waals surface area contributed by atoms with Crippen molar-refractivity contribution in [2.45, 2.75) is 0 Å². The highest BCUT2D eigenvalue weighted by Gasteiger charge is 2.25. The maximum Gasteiger partial charge on any atom is 0.353 e. The summed E-state index contributed by atoms with van der Waals surface area (Å²) in [6.45, 7) is 0. The third-order valence-corrected chi connectivity index (χ3v) is 4.55. The van der Waals surface area contributed by atoms with Crippen LogP contribution in [-0.4, -0.2) is 47.1 Å². The van der Waals surface area contributed by atoms with Crippen molar-refractivity contribution < 1.29 is 33.0 Å². The quantitative estimate of drug-likeness (QED) is 0.388. The first kappa shape index (κ1) is 19.7. The fourth-order valence-corrected chi connectivity index (χ4v) is 3.13. The number of primary amides is 1. The van der Waals surface area contributed by atoms with Crippen molar-refractivity contribution in [1.82, 2.24) is 4.40 Å². The summed E-state index contributed by atoms with van der Waals surface area (Å²) in [7, 11) is -4.11. The van der Waals surface area contributed by atoms with E-state index in [0.29, 0.717) is 11.6 Å². The second-order valence-corrected chi connectivity index (χ2v) is 7.37. The number of aliphatic carboxylic acids is 1. The average molecular weight is 393 g/mol. The van der Waals surface area contributed by atoms with Crippen molar-refractivity contribution in [3.63, 3.8) is 0 Å². The van der Waals surface area contributed by atoms with E-state index in [4.69, 9.17) is 5.73 Å². The van der Waals surface area contributed by atoms with E-state index < -0.39 is 38.3 Å². The highest BCUT2D eigenvalue weighted by molar-refractivity contribution is 7.94. The number of hydrogen-bond donors (Lipinski definition) is 4. The molecule has 0 aliphatic carbocycles. The van der Waals surface area contributed by atoms with Crippen molar-refractivity contribution in [2.24, 2.45) is 5.73 Å². The molecular formula is C16H15N3O7S. The van der Waals surface area contributed by atoms with E-state index >= 15 is 0 Å². The molecular weight excluding hydrogens is 378 g/mol. The lowest BCUT2D eigenvalue weighted by Crippen LogP contribution is -2.19. The molecule has 11 heteroatoms. The van der Waals surface area contributed by atoms with Gasteiger partial charge in [0.15, 0.2) is 9.84 Å². The zero-order chi connectivity index (χ0) is 20.4. The van der Waals surface area contributed by atoms with E-state index in [2.05, 4.69) is 5.32 Å². The van der Waals surface area contributed by atoms with Gasteiger partial charge in [0.25, 0.3) is 0 Å². The number of carboxylic acids is 2. The van der Waals surface area contributed by atoms with Gasteiger partial charge in [0.05, 0.1) is 4.91 Å². The summed E-state index contributed by atoms with van der Waals surface area (Å²) in [5, 5.41) is 21.2. The predicted molar refractivity (Wildman–Crippen MR) is 95.8 cm³/mol. The number of pyridine rings is 1. The summed E-state index contributed by atoms with van der Waals surface area (Å²) < 4.78 is 25.4. The Morgan fingerprint density at radius 2 is 1.85 bits per heavy atom. The molecule has 0 saturated carbocycles. The summed E-state index contributed by atoms with van der Waals surface area (Å²) >= 11 is 0. The van der Waals surface area contributed by atoms with Gasteiger partial charge < -0.3 is 25.7 Å². The maximum absolute atomic E-state index is 12.0. The van der Waals surface area contributed by atoms with Gasteiger partial charge in [-0.05, 0) is 24.3 Å². The lowest BCUT2D eigenvalue weighted by atomic mass is 10.3. The number of amides is 1. The normalized spacial score (nSPS) is 12.8. The highest BCUT2D eigenvalue weighted by atomic mass is 32.2. The predicted octanol–water partition coefficient (Wildman–Crippen LogP) is 0.432. The SMILES string of the molecule is CS(=O)(=O)C(C=CC(N)=O)=C(Nc1c(C(=O)O)cc2ccccn12)C(=O)O. The summed E-state index contributed by atoms with van der Waals surface area (Å²) in [5.74, 6) is -4.17. The Bertz CT molecular complexity index is 1110. The van der Waals surface area contributed by atoms with Gasteiger partial charge in [-0.25, -0.2) is 18.0 Å². The van der Waals surface area contributed by atoms with E-state index in [-0.39, 0.29) is 11.4 Å². The second-order valence-electron chi connectivity index (χ2n) is 5.38. The number of hydrogen-bond acceptors (Lipinski definition) is 6. The van der Waals surface area contributed by atoms with Crippen LogP contribution in [0.25, 0.3) is 5.52 Å². The molecule has 10 nitrogen and oxygen atoms in total. The number of carbonyl (C=O) groups is 3. The molecule has 2 heterocycles. The first-order valence-corrected chi connectivity index (χ1v) is 9.17. The number of carbonyl (C=O) groups excluding carboxylic acids is 1. The molecule has 2 aromatic heterocycles. The van der Waals surface area contributed by atoms with Gasteiger partial charge in [0.2, 0.25) is 5.91 Å². The fourth-order valence-electron chi connectivity index (χ4n) is 2.30. The minimum absolute atomic E-state index is 0.163. The number of fused-ring (bicyclic) bond motifs is 1. The van der Waals surface area contributed by atoms with Crippen LogP contribution in [0, 0.1) is 0 Å². The number of rotatable bonds is 7. The van der Waals surface area contributed by atoms with E-state index in [1.807, 2.05) is 0 Å². The summed E-state index contributed by atoms with van der Waals surface area (Å²) in [5.41, 5.74) is 4.28. The fraction of sp³-hybridized carbons (Fsp3) is 0.0625. The molecule has 27 heavy (non-hydrogen) atoms. The standard InChI is InChI=1S/C16H15N3O7S/c1-27(25,26)11(5-6-12(17)20)13(16(23)24)18-14-10(15(21)22)8-9-4-2-3-7-19(9)14/h2-8,18H,1H3,(H2,17,20)(H,21,22)(H,23,24). The molecule has 5 N–H and O–H groups in total. The van der Waals surface area contributed by atoms with Gasteiger partial charge in [-0.15, -0.1) is 0 Å². The Balaban J connectivity index is 2.78. The van der Waals surface area contributed by atoms with Crippen molar-refractivity contribution in [1.29, 1.82) is 0 Å². The number of nitrogens with zero attached hydrogens (tertiary/aromatic N) is 1. The average Bonchev–Trinajstić information content (AvgIpc) is 2.91. The maximum atomic E-state index is 12.0. The first-order valence-electron chi connectivity index (χ1n) is 7.28. The lowest BCUT2D eigenvalue weighted by Gasteiger charge is -2.12. The Kier molecular flexibility index (Phi) is 5.36. The molecule has 0 aromatic carbocycles. The smallest absolute Gasteiger partial charge is 0.353 e. The van der Waals surface area contributed by atoms with Crippen LogP contribution in [0.2, 0.25) is 0 Å². The molecule has 0 aliphatic rings. The van der Waals surface area contributed by atoms with Gasteiger partial charge in [0, 0.05) is 24.0 Å². The van der Waals surface area contributed by atoms with Crippen molar-refractivity contribution in [3.8, 4) is 0 Å². The molecule has 1 amide bonds. The van der Waals surface area contributed by atoms with Crippen LogP contribution in [0.15, 0.2) is 53.2 Å². The van der Waals surface area contributed by atoms with Gasteiger partial charge in [0.1, 0.15) is 17.1 Å². The molecule has 0 saturated heterocycles. The number of aromatic carboxylic acids is 1. The van der Waals surface area contributed by atoms with Crippen LogP contribution in [0.5, 0.6) is 0 Å². The summed E-state index contributed by atoms with van der Waals surface area (Å²) in [6.07, 6.45) is 3.65. The number of sulfone groups is 1. The molecule has 0 atom stereocenters. The number of anilines is 1. The topological polar surface area (TPSA) is 168 Å². The molecule has 0 fully saturated rings. The number of nitrogens with two attached hydrogens (primary N) is 1. The number of carboxylic acid groups (broad SMARTS) is 2. The van der Waals surface area contributed by atoms with Crippen molar-refractivity contribution in [3.05, 3.63) is 58.8 Å². The molecule has 0 spiro atoms. The molecule has 142 valence electrons. The molecule has 0 aliphatic heterocycles. The number of nitrogens with one attached hydrogen (secondary N) is 1. The number of allylic oxidation sites excluding steroid dienone is 1. The van der Waals surface area contributed by atoms with Crippen molar-refractivity contribution >= 4 is 39.0 Å². The van der Waals surface area contributed by atoms with Gasteiger partial charge >= 0.3 is 11.9 Å². The Morgan fingerprint density at radius 3 is 2.37 bits per heavy atom. The van der Waals surface area contributed by atoms with Crippen molar-refractivity contribution in [2.75, 3.05) is 11.6 Å². The van der Waals surface area contributed by atoms with Gasteiger partial charge in [-0.3, -0.25) is 4.79 Å². The van der Waals surface area contributed by atoms with Crippen LogP contribution in [0.4, 0.5) is 5.82 Å². The largest absolute Gasteiger partial charge is 0.478 e. The monoisotopic (exact) mass is 393 g/mol. The molecule has 0 bridgehead atoms. The second kappa shape index (κ2) is 7.33. The minimum Gasteiger partial charge on any atom is -0.478 e. The molecule has 2 aromatic rings. The van der Waals surface area contributed by atoms with E-state index in [0.717, 1.165) is 12.3 Å². The zero-order valence-electron chi connectivity index (χ0n) is 13.9. The zero-order valence-corrected chi connectivity index (χ0v) is 14.7. The minimum atomic E-state index is -4.11. The van der Waals surface area contributed by atoms with Gasteiger partial charge in [-0.2, -0.15) is 0 Å². The third-order valence-electron chi connectivity index (χ3n) is 3.41. The van der Waals surface area contributed by atoms with Crippen LogP contribution < -0.4 is 11.1 Å². The first-order chi connectivity index (χ1) is 12.5. The van der Waals surface area contributed by atoms with E-state index in [1.165, 1.54) is 16.7 Å². The van der Waals surface area contributed by atoms with Crippen LogP contribution in [0.3, 0.4) is 0 Å². The third kappa shape index (κ3) is 4.33. The number of aromatic nitrogens is 1. The van der Waals surface area contributed by atoms with Crippen LogP contribution >= 0.6 is 0 Å². The molecule has 0 radical (unpaired) electrons. The van der Waals surface area contributed by atoms with E-state index in [1.54, 1.807) is 18.2 Å². The lowest BCUT2D eigenvalue weighted by molar-refractivity contribution is -0.132. The van der Waals surface area contributed by atoms with Gasteiger partial charge in [-0.1, -0.05) is 6.07 Å².